The van der Waals surface area contributed by atoms with Crippen LogP contribution in [-0.2, 0) is 6.18 Å². The van der Waals surface area contributed by atoms with Gasteiger partial charge in [0.1, 0.15) is 0 Å². The van der Waals surface area contributed by atoms with E-state index < -0.39 is 17.6 Å². The largest absolute Gasteiger partial charge is 0.417 e. The molecule has 0 spiro atoms. The molecule has 3 rings (SSSR count). The number of likely N-dealkylation sites (tertiary alicyclic amines) is 1. The van der Waals surface area contributed by atoms with Crippen molar-refractivity contribution in [3.8, 4) is 0 Å². The summed E-state index contributed by atoms with van der Waals surface area (Å²) >= 11 is 0. The van der Waals surface area contributed by atoms with Gasteiger partial charge >= 0.3 is 12.2 Å². The number of hydrogen-bond donors (Lipinski definition) is 1. The van der Waals surface area contributed by atoms with Gasteiger partial charge in [0, 0.05) is 51.9 Å². The fraction of sp³-hybridized carbons (Fsp3) is 0.600. The van der Waals surface area contributed by atoms with E-state index in [-0.39, 0.29) is 17.1 Å². The van der Waals surface area contributed by atoms with Crippen LogP contribution in [-0.4, -0.2) is 78.5 Å². The van der Waals surface area contributed by atoms with Gasteiger partial charge < -0.3 is 15.1 Å². The number of hydrogen-bond acceptors (Lipinski definition) is 3. The predicted molar refractivity (Wildman–Crippen MR) is 103 cm³/mol. The molecule has 9 heteroatoms. The molecule has 1 atom stereocenters. The van der Waals surface area contributed by atoms with Crippen LogP contribution in [0.4, 0.5) is 18.0 Å². The van der Waals surface area contributed by atoms with Gasteiger partial charge in [0.15, 0.2) is 0 Å². The third-order valence-electron chi connectivity index (χ3n) is 6.19. The number of amides is 3. The van der Waals surface area contributed by atoms with E-state index >= 15 is 0 Å². The highest BCUT2D eigenvalue weighted by Gasteiger charge is 2.44. The monoisotopic (exact) mass is 412 g/mol. The lowest BCUT2D eigenvalue weighted by molar-refractivity contribution is -0.138. The Morgan fingerprint density at radius 3 is 2.31 bits per heavy atom. The summed E-state index contributed by atoms with van der Waals surface area (Å²) in [7, 11) is 1.61. The molecule has 0 aromatic heterocycles. The van der Waals surface area contributed by atoms with Crippen molar-refractivity contribution in [3.05, 3.63) is 35.4 Å². The molecule has 1 N–H and O–H groups in total. The minimum absolute atomic E-state index is 0.0992. The summed E-state index contributed by atoms with van der Waals surface area (Å²) < 4.78 is 39.8. The summed E-state index contributed by atoms with van der Waals surface area (Å²) in [6.45, 7) is 5.27. The summed E-state index contributed by atoms with van der Waals surface area (Å²) in [6.07, 6.45) is -2.85. The Morgan fingerprint density at radius 2 is 1.72 bits per heavy atom. The number of alkyl halides is 3. The van der Waals surface area contributed by atoms with E-state index in [9.17, 15) is 22.8 Å². The minimum Gasteiger partial charge on any atom is -0.341 e. The molecule has 160 valence electrons. The van der Waals surface area contributed by atoms with Crippen LogP contribution in [0.3, 0.4) is 0 Å². The Labute approximate surface area is 168 Å². The number of rotatable bonds is 3. The van der Waals surface area contributed by atoms with Gasteiger partial charge in [0.05, 0.1) is 11.1 Å². The van der Waals surface area contributed by atoms with Crippen LogP contribution in [0.25, 0.3) is 0 Å². The van der Waals surface area contributed by atoms with Crippen LogP contribution in [0.5, 0.6) is 0 Å². The number of nitrogens with one attached hydrogen (secondary N) is 1. The molecular weight excluding hydrogens is 385 g/mol. The molecule has 0 bridgehead atoms. The second kappa shape index (κ2) is 8.22. The van der Waals surface area contributed by atoms with Crippen LogP contribution in [0, 0.1) is 0 Å². The Kier molecular flexibility index (Phi) is 6.07. The Morgan fingerprint density at radius 1 is 1.07 bits per heavy atom. The maximum Gasteiger partial charge on any atom is 0.417 e. The van der Waals surface area contributed by atoms with Gasteiger partial charge in [0.25, 0.3) is 5.91 Å². The zero-order valence-electron chi connectivity index (χ0n) is 16.8. The molecule has 6 nitrogen and oxygen atoms in total. The van der Waals surface area contributed by atoms with Crippen molar-refractivity contribution in [2.75, 3.05) is 46.3 Å². The van der Waals surface area contributed by atoms with Crippen LogP contribution in [0.1, 0.15) is 35.7 Å². The lowest BCUT2D eigenvalue weighted by Crippen LogP contribution is -2.59. The normalized spacial score (nSPS) is 23.3. The first-order valence-electron chi connectivity index (χ1n) is 9.89. The van der Waals surface area contributed by atoms with Gasteiger partial charge in [-0.3, -0.25) is 9.69 Å². The summed E-state index contributed by atoms with van der Waals surface area (Å²) in [5.74, 6) is -0.582. The maximum atomic E-state index is 13.3. The number of piperazine rings is 1. The van der Waals surface area contributed by atoms with E-state index in [2.05, 4.69) is 17.1 Å². The van der Waals surface area contributed by atoms with E-state index in [1.807, 2.05) is 0 Å². The molecule has 0 radical (unpaired) electrons. The Hall–Kier alpha value is -2.29. The van der Waals surface area contributed by atoms with Gasteiger partial charge in [-0.1, -0.05) is 19.1 Å². The topological polar surface area (TPSA) is 55.9 Å². The van der Waals surface area contributed by atoms with E-state index in [0.29, 0.717) is 39.3 Å². The number of urea groups is 1. The first-order chi connectivity index (χ1) is 13.7. The van der Waals surface area contributed by atoms with Crippen LogP contribution < -0.4 is 5.32 Å². The molecule has 2 saturated heterocycles. The summed E-state index contributed by atoms with van der Waals surface area (Å²) in [5, 5.41) is 2.65. The van der Waals surface area contributed by atoms with Crippen LogP contribution >= 0.6 is 0 Å². The maximum absolute atomic E-state index is 13.3. The molecule has 3 amide bonds. The fourth-order valence-electron chi connectivity index (χ4n) is 4.43. The highest BCUT2D eigenvalue weighted by atomic mass is 19.4. The summed E-state index contributed by atoms with van der Waals surface area (Å²) in [4.78, 5) is 30.3. The molecule has 2 aliphatic heterocycles. The molecule has 0 aliphatic carbocycles. The molecule has 0 saturated carbocycles. The average molecular weight is 412 g/mol. The van der Waals surface area contributed by atoms with Gasteiger partial charge in [-0.15, -0.1) is 0 Å². The zero-order valence-corrected chi connectivity index (χ0v) is 16.8. The number of halogens is 3. The van der Waals surface area contributed by atoms with Crippen molar-refractivity contribution in [1.82, 2.24) is 20.0 Å². The summed E-state index contributed by atoms with van der Waals surface area (Å²) in [5.41, 5.74) is -1.34. The molecule has 29 heavy (non-hydrogen) atoms. The first kappa shape index (κ1) is 21.4. The lowest BCUT2D eigenvalue weighted by atomic mass is 9.91. The van der Waals surface area contributed by atoms with Gasteiger partial charge in [0.2, 0.25) is 0 Å². The van der Waals surface area contributed by atoms with Crippen LogP contribution in [0.2, 0.25) is 0 Å². The third kappa shape index (κ3) is 4.19. The Bertz CT molecular complexity index is 762. The number of carbonyl (C=O) groups excluding carboxylic acids is 2. The first-order valence-corrected chi connectivity index (χ1v) is 9.89. The van der Waals surface area contributed by atoms with Gasteiger partial charge in [-0.05, 0) is 25.0 Å². The van der Waals surface area contributed by atoms with Gasteiger partial charge in [-0.2, -0.15) is 13.2 Å². The van der Waals surface area contributed by atoms with Crippen molar-refractivity contribution >= 4 is 11.9 Å². The van der Waals surface area contributed by atoms with Crippen LogP contribution in [0.15, 0.2) is 24.3 Å². The lowest BCUT2D eigenvalue weighted by Gasteiger charge is -2.45. The van der Waals surface area contributed by atoms with Crippen molar-refractivity contribution in [2.45, 2.75) is 31.5 Å². The fourth-order valence-corrected chi connectivity index (χ4v) is 4.43. The van der Waals surface area contributed by atoms with Crippen molar-refractivity contribution in [1.29, 1.82) is 0 Å². The minimum atomic E-state index is -4.56. The Balaban J connectivity index is 1.68. The predicted octanol–water partition coefficient (Wildman–Crippen LogP) is 2.66. The van der Waals surface area contributed by atoms with Gasteiger partial charge in [-0.25, -0.2) is 4.79 Å². The van der Waals surface area contributed by atoms with E-state index in [4.69, 9.17) is 0 Å². The quantitative estimate of drug-likeness (QED) is 0.831. The third-order valence-corrected chi connectivity index (χ3v) is 6.19. The second-order valence-corrected chi connectivity index (χ2v) is 7.63. The molecule has 2 heterocycles. The van der Waals surface area contributed by atoms with Crippen molar-refractivity contribution < 1.29 is 22.8 Å². The highest BCUT2D eigenvalue weighted by Crippen LogP contribution is 2.34. The number of benzene rings is 1. The highest BCUT2D eigenvalue weighted by molar-refractivity contribution is 5.96. The molecule has 2 aliphatic rings. The smallest absolute Gasteiger partial charge is 0.341 e. The molecular formula is C20H27F3N4O2. The average Bonchev–Trinajstić information content (AvgIpc) is 3.18. The zero-order chi connectivity index (χ0) is 21.2. The molecule has 1 unspecified atom stereocenters. The SMILES string of the molecule is CCC1(N2CCN(C(=O)c3ccccc3C(F)(F)F)CC2)CCN(C(=O)NC)C1. The molecule has 2 fully saturated rings. The summed E-state index contributed by atoms with van der Waals surface area (Å²) in [6, 6.07) is 4.83. The van der Waals surface area contributed by atoms with E-state index in [1.54, 1.807) is 11.9 Å². The molecule has 1 aromatic rings. The number of carbonyl (C=O) groups is 2. The van der Waals surface area contributed by atoms with Crippen molar-refractivity contribution in [3.63, 3.8) is 0 Å². The van der Waals surface area contributed by atoms with E-state index in [1.165, 1.54) is 23.1 Å². The molecule has 1 aromatic carbocycles. The second-order valence-electron chi connectivity index (χ2n) is 7.63. The van der Waals surface area contributed by atoms with E-state index in [0.717, 1.165) is 18.9 Å². The van der Waals surface area contributed by atoms with Crippen molar-refractivity contribution in [2.24, 2.45) is 0 Å². The standard InChI is InChI=1S/C20H27F3N4O2/c1-3-19(8-9-26(14-19)18(29)24-2)27-12-10-25(11-13-27)17(28)15-6-4-5-7-16(15)20(21,22)23/h4-7H,3,8-14H2,1-2H3,(H,24,29). The number of nitrogens with zero attached hydrogens (tertiary/aromatic N) is 3.